The lowest BCUT2D eigenvalue weighted by molar-refractivity contribution is -0.140. The minimum atomic E-state index is -0.0883. The Morgan fingerprint density at radius 1 is 1.03 bits per heavy atom. The molecule has 0 amide bonds. The smallest absolute Gasteiger partial charge is 0.0974 e. The van der Waals surface area contributed by atoms with Crippen LogP contribution in [0.1, 0.15) is 76.7 Å². The third-order valence-electron chi connectivity index (χ3n) is 11.1. The van der Waals surface area contributed by atoms with E-state index in [1.54, 1.807) is 5.57 Å². The van der Waals surface area contributed by atoms with Crippen LogP contribution < -0.4 is 5.32 Å². The van der Waals surface area contributed by atoms with Crippen molar-refractivity contribution < 1.29 is 9.47 Å². The van der Waals surface area contributed by atoms with Crippen LogP contribution >= 0.6 is 0 Å². The maximum atomic E-state index is 7.49. The Balaban J connectivity index is 1.13. The lowest BCUT2D eigenvalue weighted by atomic mass is 9.58. The van der Waals surface area contributed by atoms with E-state index in [4.69, 9.17) is 9.47 Å². The van der Waals surface area contributed by atoms with E-state index in [-0.39, 0.29) is 22.2 Å². The summed E-state index contributed by atoms with van der Waals surface area (Å²) in [6.07, 6.45) is 18.6. The zero-order valence-electron chi connectivity index (χ0n) is 21.7. The second kappa shape index (κ2) is 7.30. The van der Waals surface area contributed by atoms with Crippen molar-refractivity contribution in [2.45, 2.75) is 93.9 Å². The SMILES string of the molecule is CC1(N[C@H]2CCC3=CC4=CC[C@]5(C)[C@@H](c6ccc7ccncc7c6)CC[C@H]5[C@@]45CCC3(C2)O5)COC1. The van der Waals surface area contributed by atoms with Crippen molar-refractivity contribution in [2.24, 2.45) is 11.3 Å². The largest absolute Gasteiger partial charge is 0.377 e. The summed E-state index contributed by atoms with van der Waals surface area (Å²) >= 11 is 0. The number of hydrogen-bond acceptors (Lipinski definition) is 4. The van der Waals surface area contributed by atoms with E-state index in [1.165, 1.54) is 54.0 Å². The molecule has 6 atom stereocenters. The summed E-state index contributed by atoms with van der Waals surface area (Å²) in [5.74, 6) is 1.16. The number of nitrogens with one attached hydrogen (secondary N) is 1. The van der Waals surface area contributed by atoms with Gasteiger partial charge in [0, 0.05) is 23.8 Å². The standard InChI is InChI=1S/C32H38N2O2/c1-29(19-35-20-29)34-26-6-5-24-16-25-9-11-30(2)27(22-4-3-21-10-14-33-18-23(21)15-22)7-8-28(30)32(25)13-12-31(24,17-26)36-32/h3-4,9-10,14-16,18,26-28,34H,5-8,11-13,17,19-20H2,1-2H3/t26-,27+,28+,30+,31?,32+/m0/s1. The molecule has 4 fully saturated rings. The van der Waals surface area contributed by atoms with Crippen molar-refractivity contribution in [1.82, 2.24) is 10.3 Å². The number of allylic oxidation sites excluding steroid dienone is 1. The summed E-state index contributed by atoms with van der Waals surface area (Å²) in [4.78, 5) is 4.39. The Labute approximate surface area is 214 Å². The lowest BCUT2D eigenvalue weighted by Gasteiger charge is -2.55. The normalized spacial score (nSPS) is 42.1. The zero-order valence-corrected chi connectivity index (χ0v) is 21.7. The molecule has 2 aromatic rings. The number of hydrogen-bond donors (Lipinski definition) is 1. The monoisotopic (exact) mass is 482 g/mol. The second-order valence-corrected chi connectivity index (χ2v) is 13.3. The Morgan fingerprint density at radius 3 is 2.81 bits per heavy atom. The molecule has 4 nitrogen and oxygen atoms in total. The van der Waals surface area contributed by atoms with Gasteiger partial charge in [0.1, 0.15) is 0 Å². The molecule has 1 aromatic carbocycles. The number of benzene rings is 1. The van der Waals surface area contributed by atoms with Crippen LogP contribution in [0.25, 0.3) is 10.8 Å². The lowest BCUT2D eigenvalue weighted by Crippen LogP contribution is -2.63. The first-order valence-electron chi connectivity index (χ1n) is 14.2. The van der Waals surface area contributed by atoms with Crippen LogP contribution in [0.2, 0.25) is 0 Å². The average molecular weight is 483 g/mol. The quantitative estimate of drug-likeness (QED) is 0.564. The molecule has 36 heavy (non-hydrogen) atoms. The molecule has 0 radical (unpaired) electrons. The number of ether oxygens (including phenoxy) is 2. The molecule has 1 N–H and O–H groups in total. The highest BCUT2D eigenvalue weighted by Gasteiger charge is 2.66. The predicted molar refractivity (Wildman–Crippen MR) is 142 cm³/mol. The van der Waals surface area contributed by atoms with Crippen LogP contribution in [0.5, 0.6) is 0 Å². The van der Waals surface area contributed by atoms with Crippen molar-refractivity contribution in [2.75, 3.05) is 13.2 Å². The van der Waals surface area contributed by atoms with Gasteiger partial charge in [-0.3, -0.25) is 4.98 Å². The first-order valence-corrected chi connectivity index (χ1v) is 14.2. The fourth-order valence-corrected chi connectivity index (χ4v) is 9.38. The van der Waals surface area contributed by atoms with Crippen molar-refractivity contribution in [3.8, 4) is 0 Å². The van der Waals surface area contributed by atoms with Gasteiger partial charge in [0.05, 0.1) is 30.0 Å². The number of fused-ring (bicyclic) bond motifs is 2. The zero-order chi connectivity index (χ0) is 24.2. The van der Waals surface area contributed by atoms with Gasteiger partial charge in [-0.2, -0.15) is 0 Å². The van der Waals surface area contributed by atoms with E-state index in [9.17, 15) is 0 Å². The molecule has 3 aliphatic heterocycles. The van der Waals surface area contributed by atoms with Gasteiger partial charge in [-0.05, 0) is 110 Å². The van der Waals surface area contributed by atoms with Crippen LogP contribution in [0.3, 0.4) is 0 Å². The number of nitrogens with zero attached hydrogens (tertiary/aromatic N) is 1. The average Bonchev–Trinajstić information content (AvgIpc) is 3.38. The van der Waals surface area contributed by atoms with E-state index in [0.29, 0.717) is 17.9 Å². The molecule has 2 saturated carbocycles. The Morgan fingerprint density at radius 2 is 1.94 bits per heavy atom. The third-order valence-corrected chi connectivity index (χ3v) is 11.1. The summed E-state index contributed by atoms with van der Waals surface area (Å²) in [5.41, 5.74) is 4.83. The van der Waals surface area contributed by atoms with Gasteiger partial charge in [0.2, 0.25) is 0 Å². The molecular formula is C32H38N2O2. The Hall–Kier alpha value is -2.01. The van der Waals surface area contributed by atoms with E-state index >= 15 is 0 Å². The highest BCUT2D eigenvalue weighted by molar-refractivity contribution is 5.82. The van der Waals surface area contributed by atoms with Crippen LogP contribution in [0.4, 0.5) is 0 Å². The molecule has 1 unspecified atom stereocenters. The van der Waals surface area contributed by atoms with Gasteiger partial charge in [-0.25, -0.2) is 0 Å². The van der Waals surface area contributed by atoms with Crippen LogP contribution in [0, 0.1) is 11.3 Å². The van der Waals surface area contributed by atoms with Gasteiger partial charge in [0.25, 0.3) is 0 Å². The second-order valence-electron chi connectivity index (χ2n) is 13.3. The minimum Gasteiger partial charge on any atom is -0.377 e. The van der Waals surface area contributed by atoms with Crippen molar-refractivity contribution in [3.05, 3.63) is 65.5 Å². The molecule has 6 aliphatic rings. The molecule has 188 valence electrons. The maximum Gasteiger partial charge on any atom is 0.0974 e. The third kappa shape index (κ3) is 2.90. The van der Waals surface area contributed by atoms with Crippen molar-refractivity contribution in [3.63, 3.8) is 0 Å². The van der Waals surface area contributed by atoms with Gasteiger partial charge in [0.15, 0.2) is 0 Å². The fraction of sp³-hybridized carbons (Fsp3) is 0.594. The number of aromatic nitrogens is 1. The van der Waals surface area contributed by atoms with Crippen LogP contribution in [-0.2, 0) is 9.47 Å². The van der Waals surface area contributed by atoms with Crippen molar-refractivity contribution >= 4 is 10.8 Å². The minimum absolute atomic E-state index is 0.0564. The van der Waals surface area contributed by atoms with E-state index in [0.717, 1.165) is 32.5 Å². The topological polar surface area (TPSA) is 43.4 Å². The molecule has 2 spiro atoms. The predicted octanol–water partition coefficient (Wildman–Crippen LogP) is 6.22. The highest BCUT2D eigenvalue weighted by atomic mass is 16.5. The van der Waals surface area contributed by atoms with E-state index in [2.05, 4.69) is 60.6 Å². The van der Waals surface area contributed by atoms with Gasteiger partial charge in [-0.1, -0.05) is 31.2 Å². The Bertz CT molecular complexity index is 1310. The first-order chi connectivity index (χ1) is 17.4. The number of pyridine rings is 1. The molecule has 1 aromatic heterocycles. The van der Waals surface area contributed by atoms with E-state index in [1.807, 2.05) is 12.4 Å². The van der Waals surface area contributed by atoms with Crippen LogP contribution in [-0.4, -0.2) is 41.0 Å². The van der Waals surface area contributed by atoms with Gasteiger partial charge in [-0.15, -0.1) is 0 Å². The molecule has 4 heterocycles. The summed E-state index contributed by atoms with van der Waals surface area (Å²) < 4.78 is 13.0. The number of rotatable bonds is 3. The molecule has 3 aliphatic carbocycles. The van der Waals surface area contributed by atoms with Crippen molar-refractivity contribution in [1.29, 1.82) is 0 Å². The Kier molecular flexibility index (Phi) is 4.47. The molecular weight excluding hydrogens is 444 g/mol. The summed E-state index contributed by atoms with van der Waals surface area (Å²) in [5, 5.41) is 6.50. The molecule has 2 bridgehead atoms. The summed E-state index contributed by atoms with van der Waals surface area (Å²) in [6.45, 7) is 6.56. The first kappa shape index (κ1) is 22.0. The summed E-state index contributed by atoms with van der Waals surface area (Å²) in [6, 6.07) is 9.74. The maximum absolute atomic E-state index is 7.49. The van der Waals surface area contributed by atoms with Gasteiger partial charge >= 0.3 is 0 Å². The molecule has 2 saturated heterocycles. The highest BCUT2D eigenvalue weighted by Crippen LogP contribution is 2.69. The molecule has 4 heteroatoms. The van der Waals surface area contributed by atoms with Gasteiger partial charge < -0.3 is 14.8 Å². The molecule has 8 rings (SSSR count). The van der Waals surface area contributed by atoms with Crippen LogP contribution in [0.15, 0.2) is 60.0 Å². The fourth-order valence-electron chi connectivity index (χ4n) is 9.38. The van der Waals surface area contributed by atoms with E-state index < -0.39 is 0 Å². The summed E-state index contributed by atoms with van der Waals surface area (Å²) in [7, 11) is 0.